The van der Waals surface area contributed by atoms with Crippen molar-refractivity contribution in [2.45, 2.75) is 19.4 Å². The lowest BCUT2D eigenvalue weighted by atomic mass is 10.0. The number of allylic oxidation sites excluding steroid dienone is 1. The predicted octanol–water partition coefficient (Wildman–Crippen LogP) is 8.04. The summed E-state index contributed by atoms with van der Waals surface area (Å²) in [7, 11) is 0. The number of ether oxygens (including phenoxy) is 1. The predicted molar refractivity (Wildman–Crippen MR) is 135 cm³/mol. The lowest BCUT2D eigenvalue weighted by molar-refractivity contribution is 0.0474. The number of rotatable bonds is 4. The maximum Gasteiger partial charge on any atom is 0.339 e. The number of carbonyl (C=O) groups is 1. The van der Waals surface area contributed by atoms with E-state index in [0.717, 1.165) is 45.3 Å². The zero-order chi connectivity index (χ0) is 22.9. The monoisotopic (exact) mass is 493 g/mol. The van der Waals surface area contributed by atoms with Crippen LogP contribution < -0.4 is 0 Å². The summed E-state index contributed by atoms with van der Waals surface area (Å²) in [5, 5.41) is 2.42. The van der Waals surface area contributed by atoms with Crippen molar-refractivity contribution in [2.75, 3.05) is 0 Å². The zero-order valence-electron chi connectivity index (χ0n) is 17.4. The van der Waals surface area contributed by atoms with E-state index in [2.05, 4.69) is 6.08 Å². The van der Waals surface area contributed by atoms with E-state index in [9.17, 15) is 4.79 Å². The molecule has 6 heteroatoms. The summed E-state index contributed by atoms with van der Waals surface area (Å²) in [5.74, 6) is -0.361. The second-order valence-corrected chi connectivity index (χ2v) is 9.13. The van der Waals surface area contributed by atoms with Crippen LogP contribution in [0.4, 0.5) is 0 Å². The first-order valence-electron chi connectivity index (χ1n) is 10.5. The highest BCUT2D eigenvalue weighted by atomic mass is 35.5. The highest BCUT2D eigenvalue weighted by molar-refractivity contribution is 6.42. The molecular formula is C27H18Cl3NO2. The fraction of sp³-hybridized carbons (Fsp3) is 0.111. The Balaban J connectivity index is 1.55. The van der Waals surface area contributed by atoms with Crippen LogP contribution in [-0.4, -0.2) is 11.0 Å². The number of halogens is 3. The van der Waals surface area contributed by atoms with Crippen molar-refractivity contribution in [1.82, 2.24) is 4.98 Å². The van der Waals surface area contributed by atoms with Gasteiger partial charge in [0.25, 0.3) is 0 Å². The fourth-order valence-electron chi connectivity index (χ4n) is 4.16. The molecule has 1 aliphatic carbocycles. The minimum absolute atomic E-state index is 0.150. The van der Waals surface area contributed by atoms with Crippen molar-refractivity contribution in [1.29, 1.82) is 0 Å². The molecule has 0 amide bonds. The number of hydrogen-bond donors (Lipinski definition) is 0. The van der Waals surface area contributed by atoms with Crippen LogP contribution in [0, 0.1) is 0 Å². The Morgan fingerprint density at radius 3 is 2.61 bits per heavy atom. The molecule has 1 aliphatic rings. The molecular weight excluding hydrogens is 477 g/mol. The molecule has 1 aromatic heterocycles. The first-order valence-corrected chi connectivity index (χ1v) is 11.6. The highest BCUT2D eigenvalue weighted by Gasteiger charge is 2.27. The molecule has 5 rings (SSSR count). The normalized spacial score (nSPS) is 14.0. The Kier molecular flexibility index (Phi) is 6.11. The van der Waals surface area contributed by atoms with Crippen molar-refractivity contribution >= 4 is 63.3 Å². The van der Waals surface area contributed by atoms with E-state index in [-0.39, 0.29) is 12.6 Å². The van der Waals surface area contributed by atoms with Gasteiger partial charge in [0.05, 0.1) is 26.8 Å². The summed E-state index contributed by atoms with van der Waals surface area (Å²) in [6.07, 6.45) is 3.53. The molecule has 0 aliphatic heterocycles. The maximum atomic E-state index is 13.3. The third-order valence-electron chi connectivity index (χ3n) is 5.69. The molecule has 0 unspecified atom stereocenters. The molecule has 0 saturated carbocycles. The number of carbonyl (C=O) groups excluding carboxylic acids is 1. The average Bonchev–Trinajstić information content (AvgIpc) is 3.20. The zero-order valence-corrected chi connectivity index (χ0v) is 19.7. The van der Waals surface area contributed by atoms with E-state index >= 15 is 0 Å². The Morgan fingerprint density at radius 2 is 1.79 bits per heavy atom. The number of para-hydroxylation sites is 1. The van der Waals surface area contributed by atoms with Crippen LogP contribution in [0.5, 0.6) is 0 Å². The van der Waals surface area contributed by atoms with Crippen molar-refractivity contribution in [3.05, 3.63) is 110 Å². The first kappa shape index (κ1) is 22.0. The number of fused-ring (bicyclic) bond motifs is 2. The first-order chi connectivity index (χ1) is 16.0. The van der Waals surface area contributed by atoms with Gasteiger partial charge in [-0.15, -0.1) is 0 Å². The van der Waals surface area contributed by atoms with Crippen molar-refractivity contribution < 1.29 is 9.53 Å². The number of aromatic nitrogens is 1. The van der Waals surface area contributed by atoms with Gasteiger partial charge in [-0.1, -0.05) is 71.2 Å². The molecule has 164 valence electrons. The summed E-state index contributed by atoms with van der Waals surface area (Å²) < 4.78 is 5.71. The van der Waals surface area contributed by atoms with E-state index in [4.69, 9.17) is 44.5 Å². The van der Waals surface area contributed by atoms with Crippen molar-refractivity contribution in [2.24, 2.45) is 0 Å². The topological polar surface area (TPSA) is 39.2 Å². The second-order valence-electron chi connectivity index (χ2n) is 7.88. The van der Waals surface area contributed by atoms with Gasteiger partial charge in [-0.2, -0.15) is 0 Å². The number of pyridine rings is 1. The third kappa shape index (κ3) is 4.49. The summed E-state index contributed by atoms with van der Waals surface area (Å²) in [5.41, 5.74) is 5.91. The number of esters is 1. The van der Waals surface area contributed by atoms with Gasteiger partial charge in [-0.05, 0) is 71.5 Å². The SMILES string of the molecule is O=C(OCc1cccc(Cl)c1)c1c2c(nc3ccccc13)/C(=C\c1ccc(Cl)c(Cl)c1)CC2. The summed E-state index contributed by atoms with van der Waals surface area (Å²) in [6, 6.07) is 20.5. The molecule has 0 spiro atoms. The number of nitrogens with zero attached hydrogens (tertiary/aromatic N) is 1. The minimum atomic E-state index is -0.361. The van der Waals surface area contributed by atoms with Gasteiger partial charge in [0.2, 0.25) is 0 Å². The molecule has 0 N–H and O–H groups in total. The Labute approximate surface area is 206 Å². The summed E-state index contributed by atoms with van der Waals surface area (Å²) in [4.78, 5) is 18.2. The molecule has 0 fully saturated rings. The molecule has 1 heterocycles. The van der Waals surface area contributed by atoms with Gasteiger partial charge in [-0.25, -0.2) is 9.78 Å². The fourth-order valence-corrected chi connectivity index (χ4v) is 4.68. The average molecular weight is 495 g/mol. The maximum absolute atomic E-state index is 13.3. The van der Waals surface area contributed by atoms with Gasteiger partial charge in [0.15, 0.2) is 0 Å². The van der Waals surface area contributed by atoms with E-state index in [1.807, 2.05) is 48.5 Å². The van der Waals surface area contributed by atoms with E-state index < -0.39 is 0 Å². The van der Waals surface area contributed by atoms with E-state index in [1.54, 1.807) is 18.2 Å². The van der Waals surface area contributed by atoms with Gasteiger partial charge in [0, 0.05) is 10.4 Å². The summed E-state index contributed by atoms with van der Waals surface area (Å²) >= 11 is 18.3. The van der Waals surface area contributed by atoms with Crippen LogP contribution in [-0.2, 0) is 17.8 Å². The second kappa shape index (κ2) is 9.18. The van der Waals surface area contributed by atoms with Crippen LogP contribution in [0.3, 0.4) is 0 Å². The minimum Gasteiger partial charge on any atom is -0.457 e. The lowest BCUT2D eigenvalue weighted by Crippen LogP contribution is -2.10. The van der Waals surface area contributed by atoms with Gasteiger partial charge >= 0.3 is 5.97 Å². The van der Waals surface area contributed by atoms with E-state index in [1.165, 1.54) is 0 Å². The smallest absolute Gasteiger partial charge is 0.339 e. The number of hydrogen-bond acceptors (Lipinski definition) is 3. The molecule has 33 heavy (non-hydrogen) atoms. The third-order valence-corrected chi connectivity index (χ3v) is 6.66. The van der Waals surface area contributed by atoms with Crippen LogP contribution in [0.1, 0.15) is 39.2 Å². The quantitative estimate of drug-likeness (QED) is 0.269. The van der Waals surface area contributed by atoms with Gasteiger partial charge < -0.3 is 4.74 Å². The van der Waals surface area contributed by atoms with Gasteiger partial charge in [-0.3, -0.25) is 0 Å². The molecule has 4 aromatic rings. The Hall–Kier alpha value is -2.85. The molecule has 0 saturated heterocycles. The Morgan fingerprint density at radius 1 is 0.939 bits per heavy atom. The summed E-state index contributed by atoms with van der Waals surface area (Å²) in [6.45, 7) is 0.150. The largest absolute Gasteiger partial charge is 0.457 e. The van der Waals surface area contributed by atoms with Crippen LogP contribution in [0.15, 0.2) is 66.7 Å². The Bertz CT molecular complexity index is 1430. The molecule has 3 nitrogen and oxygen atoms in total. The molecule has 3 aromatic carbocycles. The van der Waals surface area contributed by atoms with Gasteiger partial charge in [0.1, 0.15) is 6.61 Å². The van der Waals surface area contributed by atoms with Crippen LogP contribution in [0.25, 0.3) is 22.6 Å². The molecule has 0 atom stereocenters. The van der Waals surface area contributed by atoms with Crippen LogP contribution >= 0.6 is 34.8 Å². The number of benzene rings is 3. The standard InChI is InChI=1S/C27H18Cl3NO2/c28-19-5-3-4-17(13-19)15-33-27(32)25-20-6-1-2-7-24(20)31-26-18(9-10-21(25)26)12-16-8-11-22(29)23(30)14-16/h1-8,11-14H,9-10,15H2/b18-12-. The highest BCUT2D eigenvalue weighted by Crippen LogP contribution is 2.38. The molecule has 0 bridgehead atoms. The van der Waals surface area contributed by atoms with Crippen LogP contribution in [0.2, 0.25) is 15.1 Å². The van der Waals surface area contributed by atoms with Crippen molar-refractivity contribution in [3.8, 4) is 0 Å². The van der Waals surface area contributed by atoms with E-state index in [0.29, 0.717) is 27.1 Å². The molecule has 0 radical (unpaired) electrons. The van der Waals surface area contributed by atoms with Crippen molar-refractivity contribution in [3.63, 3.8) is 0 Å². The lowest BCUT2D eigenvalue weighted by Gasteiger charge is -2.12.